The highest BCUT2D eigenvalue weighted by Crippen LogP contribution is 2.40. The standard InChI is InChI=1S/C28H22F3N3O2/c29-28(30,31)23-16-19(11-12-20(23)18-6-2-1-3-7-18)24-17-25(33-32-24)21-8-4-9-26-22(21)13-15-34(26)14-5-10-27(35)36/h1-4,6-9,11-13,15-17H,5,10,14H2,(H,32,33)(H,35,36). The van der Waals surface area contributed by atoms with Crippen molar-refractivity contribution in [3.63, 3.8) is 0 Å². The average molecular weight is 489 g/mol. The van der Waals surface area contributed by atoms with Crippen molar-refractivity contribution in [2.24, 2.45) is 0 Å². The summed E-state index contributed by atoms with van der Waals surface area (Å²) in [6, 6.07) is 22.2. The number of fused-ring (bicyclic) bond motifs is 1. The maximum Gasteiger partial charge on any atom is 0.417 e. The molecule has 0 aliphatic carbocycles. The average Bonchev–Trinajstić information content (AvgIpc) is 3.51. The first-order chi connectivity index (χ1) is 17.3. The van der Waals surface area contributed by atoms with Crippen LogP contribution in [-0.2, 0) is 17.5 Å². The lowest BCUT2D eigenvalue weighted by Crippen LogP contribution is -2.07. The molecule has 182 valence electrons. The number of carboxylic acids is 1. The summed E-state index contributed by atoms with van der Waals surface area (Å²) in [5.74, 6) is -0.831. The second-order valence-electron chi connectivity index (χ2n) is 8.54. The Morgan fingerprint density at radius 2 is 1.72 bits per heavy atom. The number of benzene rings is 3. The number of hydrogen-bond acceptors (Lipinski definition) is 2. The van der Waals surface area contributed by atoms with E-state index in [9.17, 15) is 18.0 Å². The number of halogens is 3. The number of alkyl halides is 3. The summed E-state index contributed by atoms with van der Waals surface area (Å²) >= 11 is 0. The lowest BCUT2D eigenvalue weighted by Gasteiger charge is -2.14. The molecule has 0 amide bonds. The highest BCUT2D eigenvalue weighted by atomic mass is 19.4. The van der Waals surface area contributed by atoms with Crippen LogP contribution < -0.4 is 0 Å². The fourth-order valence-corrected chi connectivity index (χ4v) is 4.47. The predicted molar refractivity (Wildman–Crippen MR) is 132 cm³/mol. The molecule has 0 unspecified atom stereocenters. The van der Waals surface area contributed by atoms with Crippen LogP contribution in [0, 0.1) is 0 Å². The zero-order valence-corrected chi connectivity index (χ0v) is 19.1. The predicted octanol–water partition coefficient (Wildman–Crippen LogP) is 7.25. The van der Waals surface area contributed by atoms with E-state index in [1.54, 1.807) is 42.5 Å². The highest BCUT2D eigenvalue weighted by Gasteiger charge is 2.34. The number of nitrogens with one attached hydrogen (secondary N) is 1. The van der Waals surface area contributed by atoms with Crippen LogP contribution in [0.3, 0.4) is 0 Å². The zero-order chi connectivity index (χ0) is 25.3. The van der Waals surface area contributed by atoms with E-state index in [0.29, 0.717) is 35.5 Å². The van der Waals surface area contributed by atoms with Crippen molar-refractivity contribution in [1.29, 1.82) is 0 Å². The molecule has 2 heterocycles. The van der Waals surface area contributed by atoms with Crippen LogP contribution in [0.15, 0.2) is 85.1 Å². The Kier molecular flexibility index (Phi) is 6.10. The lowest BCUT2D eigenvalue weighted by molar-refractivity contribution is -0.138. The fourth-order valence-electron chi connectivity index (χ4n) is 4.47. The number of H-pyrrole nitrogens is 1. The number of hydrogen-bond donors (Lipinski definition) is 2. The van der Waals surface area contributed by atoms with Crippen LogP contribution in [0.25, 0.3) is 44.5 Å². The maximum atomic E-state index is 13.9. The van der Waals surface area contributed by atoms with Gasteiger partial charge in [0, 0.05) is 41.2 Å². The lowest BCUT2D eigenvalue weighted by atomic mass is 9.96. The molecule has 0 saturated carbocycles. The molecule has 0 atom stereocenters. The second kappa shape index (κ2) is 9.37. The summed E-state index contributed by atoms with van der Waals surface area (Å²) in [6.07, 6.45) is -2.01. The van der Waals surface area contributed by atoms with E-state index in [1.807, 2.05) is 35.0 Å². The Morgan fingerprint density at radius 3 is 2.47 bits per heavy atom. The minimum atomic E-state index is -4.52. The molecule has 3 aromatic carbocycles. The van der Waals surface area contributed by atoms with Gasteiger partial charge in [0.05, 0.1) is 17.0 Å². The van der Waals surface area contributed by atoms with E-state index in [2.05, 4.69) is 10.2 Å². The Morgan fingerprint density at radius 1 is 0.917 bits per heavy atom. The van der Waals surface area contributed by atoms with Gasteiger partial charge in [-0.1, -0.05) is 54.6 Å². The van der Waals surface area contributed by atoms with Gasteiger partial charge in [-0.25, -0.2) is 0 Å². The van der Waals surface area contributed by atoms with Crippen molar-refractivity contribution in [1.82, 2.24) is 14.8 Å². The smallest absolute Gasteiger partial charge is 0.417 e. The Hall–Kier alpha value is -4.33. The first kappa shape index (κ1) is 23.4. The van der Waals surface area contributed by atoms with Gasteiger partial charge in [-0.3, -0.25) is 9.89 Å². The number of carbonyl (C=O) groups is 1. The van der Waals surface area contributed by atoms with Crippen LogP contribution >= 0.6 is 0 Å². The van der Waals surface area contributed by atoms with Crippen molar-refractivity contribution < 1.29 is 23.1 Å². The Balaban J connectivity index is 1.49. The van der Waals surface area contributed by atoms with Crippen molar-refractivity contribution in [2.45, 2.75) is 25.6 Å². The Bertz CT molecular complexity index is 1530. The van der Waals surface area contributed by atoms with Gasteiger partial charge in [-0.05, 0) is 41.8 Å². The third kappa shape index (κ3) is 4.62. The normalized spacial score (nSPS) is 11.8. The second-order valence-corrected chi connectivity index (χ2v) is 8.54. The van der Waals surface area contributed by atoms with Gasteiger partial charge in [-0.15, -0.1) is 0 Å². The molecule has 2 aromatic heterocycles. The van der Waals surface area contributed by atoms with Crippen molar-refractivity contribution in [2.75, 3.05) is 0 Å². The van der Waals surface area contributed by atoms with Crippen LogP contribution in [0.1, 0.15) is 18.4 Å². The SMILES string of the molecule is O=C(O)CCCn1ccc2c(-c3cc(-c4ccc(-c5ccccc5)c(C(F)(F)F)c4)n[nH]3)cccc21. The Labute approximate surface area is 204 Å². The summed E-state index contributed by atoms with van der Waals surface area (Å²) in [6.45, 7) is 0.571. The number of rotatable bonds is 7. The number of nitrogens with zero attached hydrogens (tertiary/aromatic N) is 2. The number of aromatic amines is 1. The molecular formula is C28H22F3N3O2. The topological polar surface area (TPSA) is 70.9 Å². The molecule has 0 aliphatic rings. The van der Waals surface area contributed by atoms with E-state index in [1.165, 1.54) is 6.07 Å². The van der Waals surface area contributed by atoms with Gasteiger partial charge in [0.15, 0.2) is 0 Å². The van der Waals surface area contributed by atoms with Crippen LogP contribution in [0.5, 0.6) is 0 Å². The summed E-state index contributed by atoms with van der Waals surface area (Å²) in [5.41, 5.74) is 3.17. The van der Waals surface area contributed by atoms with Gasteiger partial charge < -0.3 is 9.67 Å². The monoisotopic (exact) mass is 489 g/mol. The fraction of sp³-hybridized carbons (Fsp3) is 0.143. The first-order valence-corrected chi connectivity index (χ1v) is 11.4. The summed E-state index contributed by atoms with van der Waals surface area (Å²) in [7, 11) is 0. The molecule has 36 heavy (non-hydrogen) atoms. The molecule has 2 N–H and O–H groups in total. The first-order valence-electron chi connectivity index (χ1n) is 11.4. The molecule has 0 saturated heterocycles. The van der Waals surface area contributed by atoms with Gasteiger partial charge in [-0.2, -0.15) is 18.3 Å². The van der Waals surface area contributed by atoms with Crippen molar-refractivity contribution in [3.05, 3.63) is 90.6 Å². The van der Waals surface area contributed by atoms with Crippen molar-refractivity contribution >= 4 is 16.9 Å². The van der Waals surface area contributed by atoms with E-state index in [-0.39, 0.29) is 12.0 Å². The van der Waals surface area contributed by atoms with Gasteiger partial charge in [0.2, 0.25) is 0 Å². The largest absolute Gasteiger partial charge is 0.481 e. The third-order valence-electron chi connectivity index (χ3n) is 6.18. The molecule has 5 nitrogen and oxygen atoms in total. The maximum absolute atomic E-state index is 13.9. The van der Waals surface area contributed by atoms with Crippen LogP contribution in [0.2, 0.25) is 0 Å². The number of aromatic nitrogens is 3. The zero-order valence-electron chi connectivity index (χ0n) is 19.1. The number of carboxylic acid groups (broad SMARTS) is 1. The van der Waals surface area contributed by atoms with Gasteiger partial charge in [0.25, 0.3) is 0 Å². The van der Waals surface area contributed by atoms with E-state index in [4.69, 9.17) is 5.11 Å². The van der Waals surface area contributed by atoms with Crippen LogP contribution in [0.4, 0.5) is 13.2 Å². The minimum absolute atomic E-state index is 0.0895. The third-order valence-corrected chi connectivity index (χ3v) is 6.18. The number of aryl methyl sites for hydroxylation is 1. The van der Waals surface area contributed by atoms with E-state index in [0.717, 1.165) is 22.5 Å². The van der Waals surface area contributed by atoms with E-state index < -0.39 is 17.7 Å². The molecule has 0 bridgehead atoms. The molecule has 8 heteroatoms. The molecule has 0 radical (unpaired) electrons. The molecule has 5 aromatic rings. The van der Waals surface area contributed by atoms with Crippen LogP contribution in [-0.4, -0.2) is 25.8 Å². The molecular weight excluding hydrogens is 467 g/mol. The van der Waals surface area contributed by atoms with E-state index >= 15 is 0 Å². The molecule has 0 aliphatic heterocycles. The van der Waals surface area contributed by atoms with Gasteiger partial charge >= 0.3 is 12.1 Å². The summed E-state index contributed by atoms with van der Waals surface area (Å²) < 4.78 is 43.8. The highest BCUT2D eigenvalue weighted by molar-refractivity contribution is 5.95. The molecule has 0 fully saturated rings. The quantitative estimate of drug-likeness (QED) is 0.253. The van der Waals surface area contributed by atoms with Gasteiger partial charge in [0.1, 0.15) is 0 Å². The minimum Gasteiger partial charge on any atom is -0.481 e. The summed E-state index contributed by atoms with van der Waals surface area (Å²) in [4.78, 5) is 10.8. The summed E-state index contributed by atoms with van der Waals surface area (Å²) in [5, 5.41) is 17.1. The number of aliphatic carboxylic acids is 1. The molecule has 0 spiro atoms. The molecule has 5 rings (SSSR count). The van der Waals surface area contributed by atoms with Crippen molar-refractivity contribution in [3.8, 4) is 33.6 Å².